The summed E-state index contributed by atoms with van der Waals surface area (Å²) in [4.78, 5) is 12.3. The molecular weight excluding hydrogens is 245 g/mol. The molecule has 0 saturated carbocycles. The van der Waals surface area contributed by atoms with Crippen LogP contribution in [0.1, 0.15) is 21.5 Å². The summed E-state index contributed by atoms with van der Waals surface area (Å²) >= 11 is 0. The lowest BCUT2D eigenvalue weighted by Crippen LogP contribution is -2.07. The number of methoxy groups -OCH3 is 1. The van der Waals surface area contributed by atoms with Crippen molar-refractivity contribution in [2.24, 2.45) is 0 Å². The minimum absolute atomic E-state index is 0.244. The summed E-state index contributed by atoms with van der Waals surface area (Å²) in [7, 11) is 1.49. The van der Waals surface area contributed by atoms with Crippen LogP contribution in [0, 0.1) is 0 Å². The van der Waals surface area contributed by atoms with Gasteiger partial charge in [0, 0.05) is 11.1 Å². The Hall–Kier alpha value is -2.36. The summed E-state index contributed by atoms with van der Waals surface area (Å²) < 4.78 is 17.7. The fourth-order valence-electron chi connectivity index (χ4n) is 1.87. The maximum absolute atomic E-state index is 12.6. The summed E-state index contributed by atoms with van der Waals surface area (Å²) in [5, 5.41) is 0. The van der Waals surface area contributed by atoms with E-state index < -0.39 is 6.67 Å². The Morgan fingerprint density at radius 1 is 1.26 bits per heavy atom. The Morgan fingerprint density at radius 2 is 2.00 bits per heavy atom. The molecule has 0 atom stereocenters. The third-order valence-electron chi connectivity index (χ3n) is 2.87. The summed E-state index contributed by atoms with van der Waals surface area (Å²) in [6.45, 7) is -0.602. The van der Waals surface area contributed by atoms with Crippen LogP contribution in [-0.4, -0.2) is 12.9 Å². The zero-order valence-corrected chi connectivity index (χ0v) is 10.5. The number of alkyl halides is 1. The van der Waals surface area contributed by atoms with Crippen LogP contribution >= 0.6 is 0 Å². The smallest absolute Gasteiger partial charge is 0.195 e. The Kier molecular flexibility index (Phi) is 3.80. The number of carbonyl (C=O) groups excluding carboxylic acids is 1. The number of halogens is 1. The van der Waals surface area contributed by atoms with Crippen LogP contribution < -0.4 is 10.5 Å². The number of hydrogen-bond donors (Lipinski definition) is 1. The number of hydrogen-bond acceptors (Lipinski definition) is 3. The van der Waals surface area contributed by atoms with Crippen LogP contribution in [-0.2, 0) is 6.67 Å². The normalized spacial score (nSPS) is 10.2. The van der Waals surface area contributed by atoms with Gasteiger partial charge in [-0.3, -0.25) is 4.79 Å². The van der Waals surface area contributed by atoms with Crippen molar-refractivity contribution in [3.05, 3.63) is 59.2 Å². The van der Waals surface area contributed by atoms with Crippen LogP contribution in [0.2, 0.25) is 0 Å². The number of para-hydroxylation sites is 1. The second-order valence-corrected chi connectivity index (χ2v) is 4.08. The van der Waals surface area contributed by atoms with E-state index in [1.807, 2.05) is 0 Å². The SMILES string of the molecule is COc1cccc(C(=O)c2cccc(CF)c2)c1N. The van der Waals surface area contributed by atoms with Gasteiger partial charge in [-0.25, -0.2) is 4.39 Å². The molecule has 98 valence electrons. The summed E-state index contributed by atoms with van der Waals surface area (Å²) in [5.74, 6) is 0.208. The van der Waals surface area contributed by atoms with Crippen molar-refractivity contribution in [2.75, 3.05) is 12.8 Å². The van der Waals surface area contributed by atoms with E-state index in [0.717, 1.165) is 0 Å². The van der Waals surface area contributed by atoms with Gasteiger partial charge in [0.05, 0.1) is 12.8 Å². The molecule has 0 radical (unpaired) electrons. The first-order valence-electron chi connectivity index (χ1n) is 5.79. The summed E-state index contributed by atoms with van der Waals surface area (Å²) in [6.07, 6.45) is 0. The number of ketones is 1. The fourth-order valence-corrected chi connectivity index (χ4v) is 1.87. The molecule has 0 aliphatic rings. The third-order valence-corrected chi connectivity index (χ3v) is 2.87. The average molecular weight is 259 g/mol. The topological polar surface area (TPSA) is 52.3 Å². The van der Waals surface area contributed by atoms with E-state index in [1.54, 1.807) is 36.4 Å². The molecule has 0 bridgehead atoms. The highest BCUT2D eigenvalue weighted by Gasteiger charge is 2.15. The minimum atomic E-state index is -0.602. The number of anilines is 1. The van der Waals surface area contributed by atoms with Crippen molar-refractivity contribution < 1.29 is 13.9 Å². The van der Waals surface area contributed by atoms with Gasteiger partial charge in [0.15, 0.2) is 5.78 Å². The number of nitrogens with two attached hydrogens (primary N) is 1. The quantitative estimate of drug-likeness (QED) is 0.678. The molecule has 0 aliphatic heterocycles. The first-order valence-corrected chi connectivity index (χ1v) is 5.79. The molecule has 0 aliphatic carbocycles. The zero-order chi connectivity index (χ0) is 13.8. The predicted molar refractivity (Wildman–Crippen MR) is 72.1 cm³/mol. The number of ether oxygens (including phenoxy) is 1. The van der Waals surface area contributed by atoms with E-state index in [2.05, 4.69) is 0 Å². The van der Waals surface area contributed by atoms with Gasteiger partial charge >= 0.3 is 0 Å². The van der Waals surface area contributed by atoms with E-state index >= 15 is 0 Å². The molecule has 0 saturated heterocycles. The number of nitrogen functional groups attached to an aromatic ring is 1. The van der Waals surface area contributed by atoms with Crippen molar-refractivity contribution in [3.63, 3.8) is 0 Å². The minimum Gasteiger partial charge on any atom is -0.495 e. The van der Waals surface area contributed by atoms with E-state index in [0.29, 0.717) is 28.1 Å². The molecule has 2 aromatic carbocycles. The van der Waals surface area contributed by atoms with Crippen LogP contribution in [0.5, 0.6) is 5.75 Å². The van der Waals surface area contributed by atoms with Gasteiger partial charge in [-0.1, -0.05) is 24.3 Å². The largest absolute Gasteiger partial charge is 0.495 e. The molecule has 19 heavy (non-hydrogen) atoms. The van der Waals surface area contributed by atoms with E-state index in [9.17, 15) is 9.18 Å². The lowest BCUT2D eigenvalue weighted by atomic mass is 10.00. The van der Waals surface area contributed by atoms with Gasteiger partial charge < -0.3 is 10.5 Å². The van der Waals surface area contributed by atoms with Gasteiger partial charge in [-0.2, -0.15) is 0 Å². The average Bonchev–Trinajstić information content (AvgIpc) is 2.47. The molecule has 0 heterocycles. The predicted octanol–water partition coefficient (Wildman–Crippen LogP) is 2.98. The molecule has 2 N–H and O–H groups in total. The number of benzene rings is 2. The van der Waals surface area contributed by atoms with Gasteiger partial charge in [0.2, 0.25) is 0 Å². The Morgan fingerprint density at radius 3 is 2.68 bits per heavy atom. The van der Waals surface area contributed by atoms with Crippen LogP contribution in [0.15, 0.2) is 42.5 Å². The van der Waals surface area contributed by atoms with Gasteiger partial charge in [0.25, 0.3) is 0 Å². The Balaban J connectivity index is 2.44. The summed E-state index contributed by atoms with van der Waals surface area (Å²) in [6, 6.07) is 11.5. The lowest BCUT2D eigenvalue weighted by Gasteiger charge is -2.09. The number of rotatable bonds is 4. The molecule has 2 aromatic rings. The fraction of sp³-hybridized carbons (Fsp3) is 0.133. The third kappa shape index (κ3) is 2.57. The molecule has 0 fully saturated rings. The summed E-state index contributed by atoms with van der Waals surface area (Å²) in [5.41, 5.74) is 7.41. The molecule has 0 aromatic heterocycles. The van der Waals surface area contributed by atoms with E-state index in [1.165, 1.54) is 13.2 Å². The van der Waals surface area contributed by atoms with Crippen molar-refractivity contribution in [1.82, 2.24) is 0 Å². The highest BCUT2D eigenvalue weighted by molar-refractivity contribution is 6.12. The van der Waals surface area contributed by atoms with Crippen molar-refractivity contribution in [2.45, 2.75) is 6.67 Å². The lowest BCUT2D eigenvalue weighted by molar-refractivity contribution is 0.103. The van der Waals surface area contributed by atoms with Crippen LogP contribution in [0.4, 0.5) is 10.1 Å². The van der Waals surface area contributed by atoms with E-state index in [4.69, 9.17) is 10.5 Å². The molecule has 2 rings (SSSR count). The molecule has 0 amide bonds. The monoisotopic (exact) mass is 259 g/mol. The standard InChI is InChI=1S/C15H14FNO2/c1-19-13-7-3-6-12(14(13)17)15(18)11-5-2-4-10(8-11)9-16/h2-8H,9,17H2,1H3. The van der Waals surface area contributed by atoms with Gasteiger partial charge in [0.1, 0.15) is 12.4 Å². The van der Waals surface area contributed by atoms with Crippen molar-refractivity contribution >= 4 is 11.5 Å². The van der Waals surface area contributed by atoms with Crippen molar-refractivity contribution in [1.29, 1.82) is 0 Å². The molecule has 3 nitrogen and oxygen atoms in total. The first-order chi connectivity index (χ1) is 9.17. The number of carbonyl (C=O) groups is 1. The maximum Gasteiger partial charge on any atom is 0.195 e. The van der Waals surface area contributed by atoms with Crippen molar-refractivity contribution in [3.8, 4) is 5.75 Å². The van der Waals surface area contributed by atoms with Gasteiger partial charge in [-0.05, 0) is 23.8 Å². The molecular formula is C15H14FNO2. The molecule has 0 spiro atoms. The molecule has 0 unspecified atom stereocenters. The second kappa shape index (κ2) is 5.52. The van der Waals surface area contributed by atoms with Crippen LogP contribution in [0.25, 0.3) is 0 Å². The zero-order valence-electron chi connectivity index (χ0n) is 10.5. The second-order valence-electron chi connectivity index (χ2n) is 4.08. The Labute approximate surface area is 110 Å². The Bertz CT molecular complexity index is 611. The highest BCUT2D eigenvalue weighted by Crippen LogP contribution is 2.26. The first kappa shape index (κ1) is 13.1. The van der Waals surface area contributed by atoms with E-state index in [-0.39, 0.29) is 5.78 Å². The maximum atomic E-state index is 12.6. The van der Waals surface area contributed by atoms with Gasteiger partial charge in [-0.15, -0.1) is 0 Å². The molecule has 4 heteroatoms. The van der Waals surface area contributed by atoms with Crippen LogP contribution in [0.3, 0.4) is 0 Å². The highest BCUT2D eigenvalue weighted by atomic mass is 19.1.